The van der Waals surface area contributed by atoms with Crippen molar-refractivity contribution in [1.29, 1.82) is 0 Å². The fraction of sp³-hybridized carbons (Fsp3) is 0.739. The molecule has 4 rings (SSSR count). The minimum absolute atomic E-state index is 0. The first-order chi connectivity index (χ1) is 23.2. The van der Waals surface area contributed by atoms with Gasteiger partial charge in [0.05, 0.1) is 0 Å². The van der Waals surface area contributed by atoms with Gasteiger partial charge >= 0.3 is 26.2 Å². The number of hydrogen-bond acceptors (Lipinski definition) is 6. The number of likely N-dealkylation sites (tertiary alicyclic amines) is 2. The van der Waals surface area contributed by atoms with Gasteiger partial charge in [0.25, 0.3) is 0 Å². The van der Waals surface area contributed by atoms with Crippen molar-refractivity contribution < 1.29 is 46.6 Å². The molecule has 0 aliphatic carbocycles. The predicted molar refractivity (Wildman–Crippen MR) is 213 cm³/mol. The van der Waals surface area contributed by atoms with Crippen LogP contribution in [0.3, 0.4) is 0 Å². The van der Waals surface area contributed by atoms with Crippen LogP contribution in [0.1, 0.15) is 184 Å². The fourth-order valence-corrected chi connectivity index (χ4v) is 7.00. The average Bonchev–Trinajstić information content (AvgIpc) is 3.55. The molecule has 2 fully saturated rings. The monoisotopic (exact) mass is 810 g/mol. The van der Waals surface area contributed by atoms with E-state index in [1.165, 1.54) is 11.1 Å². The van der Waals surface area contributed by atoms with Crippen LogP contribution in [0.15, 0.2) is 24.3 Å². The second kappa shape index (κ2) is 18.4. The van der Waals surface area contributed by atoms with E-state index in [9.17, 15) is 20.4 Å². The third-order valence-electron chi connectivity index (χ3n) is 9.70. The van der Waals surface area contributed by atoms with E-state index in [2.05, 4.69) is 117 Å². The maximum Gasteiger partial charge on any atom is 4.00 e. The van der Waals surface area contributed by atoms with Crippen LogP contribution in [0.5, 0.6) is 11.5 Å². The molecule has 2 atom stereocenters. The van der Waals surface area contributed by atoms with Crippen LogP contribution in [0.25, 0.3) is 0 Å². The molecule has 2 aromatic rings. The fourth-order valence-electron chi connectivity index (χ4n) is 7.00. The summed E-state index contributed by atoms with van der Waals surface area (Å²) in [6.45, 7) is 39.6. The van der Waals surface area contributed by atoms with Gasteiger partial charge in [-0.15, -0.1) is 22.7 Å². The van der Waals surface area contributed by atoms with Gasteiger partial charge in [-0.25, -0.2) is 0 Å². The topological polar surface area (TPSA) is 98.7 Å². The van der Waals surface area contributed by atoms with Crippen LogP contribution in [0.2, 0.25) is 0 Å². The van der Waals surface area contributed by atoms with Gasteiger partial charge in [0, 0.05) is 25.2 Å². The van der Waals surface area contributed by atoms with E-state index in [0.29, 0.717) is 25.2 Å². The molecule has 0 aromatic heterocycles. The van der Waals surface area contributed by atoms with Crippen molar-refractivity contribution >= 4 is 0 Å². The zero-order chi connectivity index (χ0) is 40.4. The Hall–Kier alpha value is -1.24. The van der Waals surface area contributed by atoms with E-state index in [4.69, 9.17) is 0 Å². The van der Waals surface area contributed by atoms with Crippen molar-refractivity contribution in [2.45, 2.75) is 208 Å². The van der Waals surface area contributed by atoms with Gasteiger partial charge in [-0.05, 0) is 93.8 Å². The number of rotatable bonds is 5. The van der Waals surface area contributed by atoms with Crippen molar-refractivity contribution in [3.05, 3.63) is 57.6 Å². The summed E-state index contributed by atoms with van der Waals surface area (Å²) in [6, 6.07) is 9.51. The summed E-state index contributed by atoms with van der Waals surface area (Å²) in [5.41, 5.74) is 4.33. The summed E-state index contributed by atoms with van der Waals surface area (Å²) in [4.78, 5) is 5.17. The Bertz CT molecular complexity index is 1340. The van der Waals surface area contributed by atoms with Gasteiger partial charge in [0.2, 0.25) is 0 Å². The first-order valence-corrected chi connectivity index (χ1v) is 19.8. The van der Waals surface area contributed by atoms with Gasteiger partial charge in [-0.1, -0.05) is 149 Å². The zero-order valence-corrected chi connectivity index (χ0v) is 39.6. The third kappa shape index (κ3) is 16.0. The Labute approximate surface area is 345 Å². The molecule has 0 amide bonds. The van der Waals surface area contributed by atoms with Crippen molar-refractivity contribution in [3.8, 4) is 11.5 Å². The summed E-state index contributed by atoms with van der Waals surface area (Å²) < 4.78 is 0. The van der Waals surface area contributed by atoms with Crippen LogP contribution in [0, 0.1) is 0 Å². The second-order valence-electron chi connectivity index (χ2n) is 21.6. The maximum absolute atomic E-state index is 13.8. The van der Waals surface area contributed by atoms with Crippen molar-refractivity contribution in [1.82, 2.24) is 9.80 Å². The smallest absolute Gasteiger partial charge is 0.872 e. The minimum Gasteiger partial charge on any atom is -0.872 e. The molecule has 0 radical (unpaired) electrons. The Kier molecular flexibility index (Phi) is 17.2. The molecule has 6 nitrogen and oxygen atoms in total. The minimum atomic E-state index is -0.750. The molecular weight excluding hydrogens is 736 g/mol. The van der Waals surface area contributed by atoms with Crippen LogP contribution in [-0.2, 0) is 61.0 Å². The summed E-state index contributed by atoms with van der Waals surface area (Å²) in [6.07, 6.45) is 4.63. The molecule has 0 spiro atoms. The zero-order valence-electron chi connectivity index (χ0n) is 37.1. The molecule has 2 heterocycles. The molecule has 7 heteroatoms. The molecule has 0 bridgehead atoms. The molecule has 0 saturated carbocycles. The maximum atomic E-state index is 13.8. The summed E-state index contributed by atoms with van der Waals surface area (Å²) in [5.74, 6) is 0.434. The van der Waals surface area contributed by atoms with Crippen LogP contribution in [0.4, 0.5) is 0 Å². The van der Waals surface area contributed by atoms with Gasteiger partial charge < -0.3 is 20.4 Å². The number of benzene rings is 2. The Morgan fingerprint density at radius 1 is 0.491 bits per heavy atom. The largest absolute Gasteiger partial charge is 4.00 e. The van der Waals surface area contributed by atoms with E-state index in [0.717, 1.165) is 61.0 Å². The molecule has 53 heavy (non-hydrogen) atoms. The van der Waals surface area contributed by atoms with Crippen LogP contribution < -0.4 is 20.4 Å². The van der Waals surface area contributed by atoms with E-state index in [-0.39, 0.29) is 59.4 Å². The normalized spacial score (nSPS) is 19.2. The van der Waals surface area contributed by atoms with E-state index in [1.54, 1.807) is 41.5 Å². The summed E-state index contributed by atoms with van der Waals surface area (Å²) in [5, 5.41) is 47.8. The Morgan fingerprint density at radius 2 is 0.755 bits per heavy atom. The number of hydrogen-bond donors (Lipinski definition) is 0. The molecule has 2 aromatic carbocycles. The second-order valence-corrected chi connectivity index (χ2v) is 21.6. The van der Waals surface area contributed by atoms with E-state index < -0.39 is 11.2 Å². The van der Waals surface area contributed by atoms with Gasteiger partial charge in [0.1, 0.15) is 0 Å². The first-order valence-electron chi connectivity index (χ1n) is 19.8. The number of nitrogens with zero attached hydrogens (tertiary/aromatic N) is 2. The SMILES string of the molecule is CC(C)(C)[O-].CC(C)(C)[O-].CC(C)(C)c1cc(CN2CCC[C@H]2[C@@H]2CCCN2Cc2cc(C(C)(C)C)cc(C(C)(C)C)c2[O-])c([O-])c(C(C)(C)C)c1.[Zr+4]. The molecular formula is C46H76N2O4Zr. The molecule has 2 aliphatic heterocycles. The standard InChI is InChI=1S/C38H60N2O2.2C4H9O.Zr/c1-35(2,3)27-19-25(33(41)29(21-27)37(7,8)9)23-39-17-13-15-31(39)32-16-14-18-40(32)24-26-20-28(36(4,5)6)22-30(34(26)42)38(10,11)12;2*1-4(2,3)5;/h19-22,31-32,41-42H,13-18,23-24H2,1-12H3;2*1-3H3;/q;2*-1;+4/p-2/t31-,32-;;;/m0.../s1. The molecule has 0 N–H and O–H groups in total. The molecule has 2 aliphatic rings. The molecule has 2 saturated heterocycles. The quantitative estimate of drug-likeness (QED) is 0.304. The average molecular weight is 812 g/mol. The van der Waals surface area contributed by atoms with Gasteiger partial charge in [-0.3, -0.25) is 9.80 Å². The van der Waals surface area contributed by atoms with Gasteiger partial charge in [0.15, 0.2) is 0 Å². The van der Waals surface area contributed by atoms with E-state index in [1.807, 2.05) is 0 Å². The Balaban J connectivity index is 0.00000113. The van der Waals surface area contributed by atoms with Gasteiger partial charge in [-0.2, -0.15) is 0 Å². The van der Waals surface area contributed by atoms with Crippen molar-refractivity contribution in [3.63, 3.8) is 0 Å². The van der Waals surface area contributed by atoms with Crippen molar-refractivity contribution in [2.24, 2.45) is 0 Å². The van der Waals surface area contributed by atoms with Crippen LogP contribution in [-0.4, -0.2) is 46.2 Å². The summed E-state index contributed by atoms with van der Waals surface area (Å²) in [7, 11) is 0. The predicted octanol–water partition coefficient (Wildman–Crippen LogP) is 7.94. The Morgan fingerprint density at radius 3 is 0.981 bits per heavy atom. The van der Waals surface area contributed by atoms with Crippen LogP contribution >= 0.6 is 0 Å². The van der Waals surface area contributed by atoms with Crippen molar-refractivity contribution in [2.75, 3.05) is 13.1 Å². The van der Waals surface area contributed by atoms with E-state index >= 15 is 0 Å². The third-order valence-corrected chi connectivity index (χ3v) is 9.70. The first kappa shape index (κ1) is 49.8. The molecule has 0 unspecified atom stereocenters. The summed E-state index contributed by atoms with van der Waals surface area (Å²) >= 11 is 0. The molecule has 298 valence electrons.